The van der Waals surface area contributed by atoms with E-state index >= 15 is 0 Å². The van der Waals surface area contributed by atoms with Crippen molar-refractivity contribution in [2.24, 2.45) is 5.73 Å². The molecular formula is C12H21N3O2. The molecule has 2 aliphatic rings. The van der Waals surface area contributed by atoms with Gasteiger partial charge in [0.05, 0.1) is 6.54 Å². The van der Waals surface area contributed by atoms with Crippen molar-refractivity contribution in [3.8, 4) is 0 Å². The van der Waals surface area contributed by atoms with Gasteiger partial charge in [0.1, 0.15) is 5.78 Å². The molecule has 2 rings (SSSR count). The number of amides is 1. The number of nitrogens with zero attached hydrogens (tertiary/aromatic N) is 2. The average Bonchev–Trinajstić information content (AvgIpc) is 2.33. The lowest BCUT2D eigenvalue weighted by atomic mass is 10.1. The summed E-state index contributed by atoms with van der Waals surface area (Å²) in [6, 6.07) is 0.300. The molecule has 0 atom stereocenters. The number of likely N-dealkylation sites (tertiary alicyclic amines) is 2. The van der Waals surface area contributed by atoms with E-state index in [9.17, 15) is 9.59 Å². The second kappa shape index (κ2) is 5.60. The van der Waals surface area contributed by atoms with Crippen molar-refractivity contribution in [1.82, 2.24) is 9.80 Å². The largest absolute Gasteiger partial charge is 0.341 e. The van der Waals surface area contributed by atoms with E-state index in [2.05, 4.69) is 4.90 Å². The zero-order valence-electron chi connectivity index (χ0n) is 10.2. The van der Waals surface area contributed by atoms with Gasteiger partial charge in [0.25, 0.3) is 0 Å². The molecular weight excluding hydrogens is 218 g/mol. The summed E-state index contributed by atoms with van der Waals surface area (Å²) in [5.41, 5.74) is 5.83. The van der Waals surface area contributed by atoms with Gasteiger partial charge in [0.15, 0.2) is 0 Å². The van der Waals surface area contributed by atoms with Crippen LogP contribution in [0.1, 0.15) is 25.7 Å². The molecule has 0 spiro atoms. The smallest absolute Gasteiger partial charge is 0.236 e. The minimum atomic E-state index is 0.160. The molecule has 2 aliphatic heterocycles. The summed E-state index contributed by atoms with van der Waals surface area (Å²) < 4.78 is 0. The predicted molar refractivity (Wildman–Crippen MR) is 64.5 cm³/mol. The van der Waals surface area contributed by atoms with Crippen LogP contribution in [-0.4, -0.2) is 60.3 Å². The number of rotatable bonds is 2. The molecule has 0 saturated carbocycles. The van der Waals surface area contributed by atoms with Gasteiger partial charge in [-0.25, -0.2) is 0 Å². The maximum atomic E-state index is 12.0. The molecule has 5 heteroatoms. The van der Waals surface area contributed by atoms with Gasteiger partial charge in [-0.1, -0.05) is 0 Å². The Morgan fingerprint density at radius 2 is 1.76 bits per heavy atom. The van der Waals surface area contributed by atoms with Crippen molar-refractivity contribution < 1.29 is 9.59 Å². The zero-order valence-corrected chi connectivity index (χ0v) is 10.2. The van der Waals surface area contributed by atoms with Gasteiger partial charge >= 0.3 is 0 Å². The molecule has 2 heterocycles. The van der Waals surface area contributed by atoms with E-state index in [1.807, 2.05) is 4.90 Å². The first kappa shape index (κ1) is 12.5. The summed E-state index contributed by atoms with van der Waals surface area (Å²) >= 11 is 0. The summed E-state index contributed by atoms with van der Waals surface area (Å²) in [6.07, 6.45) is 3.00. The van der Waals surface area contributed by atoms with Crippen LogP contribution in [0.4, 0.5) is 0 Å². The molecule has 17 heavy (non-hydrogen) atoms. The van der Waals surface area contributed by atoms with Crippen LogP contribution < -0.4 is 5.73 Å². The maximum Gasteiger partial charge on any atom is 0.236 e. The number of carbonyl (C=O) groups is 2. The Hall–Kier alpha value is -0.940. The summed E-state index contributed by atoms with van der Waals surface area (Å²) in [6.45, 7) is 3.52. The highest BCUT2D eigenvalue weighted by Crippen LogP contribution is 2.10. The van der Waals surface area contributed by atoms with Gasteiger partial charge < -0.3 is 10.6 Å². The standard InChI is InChI=1S/C12H21N3O2/c13-10-1-5-14(6-2-10)9-12(17)15-7-3-11(16)4-8-15/h10H,1-9,13H2. The lowest BCUT2D eigenvalue weighted by Crippen LogP contribution is -2.47. The van der Waals surface area contributed by atoms with Crippen LogP contribution in [0.15, 0.2) is 0 Å². The van der Waals surface area contributed by atoms with E-state index in [-0.39, 0.29) is 11.7 Å². The van der Waals surface area contributed by atoms with E-state index in [1.165, 1.54) is 0 Å². The molecule has 0 unspecified atom stereocenters. The van der Waals surface area contributed by atoms with Crippen molar-refractivity contribution in [3.63, 3.8) is 0 Å². The van der Waals surface area contributed by atoms with Gasteiger partial charge in [0, 0.05) is 45.1 Å². The fourth-order valence-corrected chi connectivity index (χ4v) is 2.41. The molecule has 0 bridgehead atoms. The molecule has 0 aliphatic carbocycles. The minimum Gasteiger partial charge on any atom is -0.341 e. The van der Waals surface area contributed by atoms with E-state index in [0.29, 0.717) is 38.5 Å². The highest BCUT2D eigenvalue weighted by molar-refractivity contribution is 5.84. The van der Waals surface area contributed by atoms with Crippen molar-refractivity contribution in [1.29, 1.82) is 0 Å². The topological polar surface area (TPSA) is 66.6 Å². The summed E-state index contributed by atoms with van der Waals surface area (Å²) in [4.78, 5) is 27.1. The lowest BCUT2D eigenvalue weighted by molar-refractivity contribution is -0.135. The molecule has 2 N–H and O–H groups in total. The average molecular weight is 239 g/mol. The number of hydrogen-bond acceptors (Lipinski definition) is 4. The Morgan fingerprint density at radius 1 is 1.18 bits per heavy atom. The molecule has 5 nitrogen and oxygen atoms in total. The van der Waals surface area contributed by atoms with Gasteiger partial charge in [-0.15, -0.1) is 0 Å². The highest BCUT2D eigenvalue weighted by Gasteiger charge is 2.24. The molecule has 2 saturated heterocycles. The van der Waals surface area contributed by atoms with Crippen LogP contribution in [0, 0.1) is 0 Å². The molecule has 0 aromatic heterocycles. The Morgan fingerprint density at radius 3 is 2.35 bits per heavy atom. The van der Waals surface area contributed by atoms with Crippen LogP contribution in [0.3, 0.4) is 0 Å². The van der Waals surface area contributed by atoms with Gasteiger partial charge in [-0.3, -0.25) is 14.5 Å². The van der Waals surface area contributed by atoms with Gasteiger partial charge in [-0.2, -0.15) is 0 Å². The second-order valence-electron chi connectivity index (χ2n) is 5.03. The third-order valence-corrected chi connectivity index (χ3v) is 3.66. The zero-order chi connectivity index (χ0) is 12.3. The minimum absolute atomic E-state index is 0.160. The summed E-state index contributed by atoms with van der Waals surface area (Å²) in [7, 11) is 0. The van der Waals surface area contributed by atoms with Crippen LogP contribution in [0.5, 0.6) is 0 Å². The van der Waals surface area contributed by atoms with Crippen molar-refractivity contribution >= 4 is 11.7 Å². The molecule has 0 radical (unpaired) electrons. The number of nitrogens with two attached hydrogens (primary N) is 1. The fourth-order valence-electron chi connectivity index (χ4n) is 2.41. The van der Waals surface area contributed by atoms with E-state index in [4.69, 9.17) is 5.73 Å². The molecule has 0 aromatic carbocycles. The maximum absolute atomic E-state index is 12.0. The lowest BCUT2D eigenvalue weighted by Gasteiger charge is -2.32. The number of ketones is 1. The van der Waals surface area contributed by atoms with Crippen LogP contribution in [-0.2, 0) is 9.59 Å². The number of carbonyl (C=O) groups excluding carboxylic acids is 2. The van der Waals surface area contributed by atoms with Crippen molar-refractivity contribution in [2.45, 2.75) is 31.7 Å². The normalized spacial score (nSPS) is 24.1. The Bertz CT molecular complexity index is 288. The van der Waals surface area contributed by atoms with E-state index in [1.54, 1.807) is 0 Å². The van der Waals surface area contributed by atoms with Crippen LogP contribution in [0.2, 0.25) is 0 Å². The number of Topliss-reactive ketones (excluding diaryl/α,β-unsaturated/α-hetero) is 1. The molecule has 96 valence electrons. The first-order chi connectivity index (χ1) is 8.15. The SMILES string of the molecule is NC1CCN(CC(=O)N2CCC(=O)CC2)CC1. The molecule has 0 aromatic rings. The van der Waals surface area contributed by atoms with Gasteiger partial charge in [-0.05, 0) is 12.8 Å². The molecule has 2 fully saturated rings. The summed E-state index contributed by atoms with van der Waals surface area (Å²) in [5, 5.41) is 0. The summed E-state index contributed by atoms with van der Waals surface area (Å²) in [5.74, 6) is 0.436. The Kier molecular flexibility index (Phi) is 4.12. The predicted octanol–water partition coefficient (Wildman–Crippen LogP) is -0.399. The fraction of sp³-hybridized carbons (Fsp3) is 0.833. The van der Waals surface area contributed by atoms with Crippen molar-refractivity contribution in [2.75, 3.05) is 32.7 Å². The third kappa shape index (κ3) is 3.51. The number of piperidine rings is 2. The van der Waals surface area contributed by atoms with Crippen LogP contribution in [0.25, 0.3) is 0 Å². The third-order valence-electron chi connectivity index (χ3n) is 3.66. The van der Waals surface area contributed by atoms with Crippen LogP contribution >= 0.6 is 0 Å². The second-order valence-corrected chi connectivity index (χ2v) is 5.03. The number of hydrogen-bond donors (Lipinski definition) is 1. The Balaban J connectivity index is 1.75. The monoisotopic (exact) mass is 239 g/mol. The molecule has 1 amide bonds. The van der Waals surface area contributed by atoms with E-state index < -0.39 is 0 Å². The highest BCUT2D eigenvalue weighted by atomic mass is 16.2. The Labute approximate surface area is 102 Å². The van der Waals surface area contributed by atoms with Gasteiger partial charge in [0.2, 0.25) is 5.91 Å². The quantitative estimate of drug-likeness (QED) is 0.712. The van der Waals surface area contributed by atoms with Crippen molar-refractivity contribution in [3.05, 3.63) is 0 Å². The first-order valence-corrected chi connectivity index (χ1v) is 6.42. The first-order valence-electron chi connectivity index (χ1n) is 6.42. The van der Waals surface area contributed by atoms with E-state index in [0.717, 1.165) is 25.9 Å².